The predicted molar refractivity (Wildman–Crippen MR) is 72.8 cm³/mol. The molecule has 0 fully saturated rings. The molecule has 0 saturated heterocycles. The van der Waals surface area contributed by atoms with Crippen molar-refractivity contribution in [1.29, 1.82) is 0 Å². The summed E-state index contributed by atoms with van der Waals surface area (Å²) in [7, 11) is 0. The van der Waals surface area contributed by atoms with E-state index in [4.69, 9.17) is 0 Å². The van der Waals surface area contributed by atoms with Gasteiger partial charge < -0.3 is 10.3 Å². The van der Waals surface area contributed by atoms with E-state index >= 15 is 0 Å². The van der Waals surface area contributed by atoms with Crippen LogP contribution in [0.1, 0.15) is 47.1 Å². The number of carbonyl (C=O) groups excluding carboxylic acids is 1. The summed E-state index contributed by atoms with van der Waals surface area (Å²) in [6.07, 6.45) is 2.42. The first-order valence-corrected chi connectivity index (χ1v) is 6.36. The lowest BCUT2D eigenvalue weighted by Crippen LogP contribution is -2.29. The highest BCUT2D eigenvalue weighted by molar-refractivity contribution is 5.90. The summed E-state index contributed by atoms with van der Waals surface area (Å²) in [4.78, 5) is 23.5. The van der Waals surface area contributed by atoms with Crippen LogP contribution in [-0.4, -0.2) is 20.9 Å². The summed E-state index contributed by atoms with van der Waals surface area (Å²) >= 11 is 0. The second-order valence-corrected chi connectivity index (χ2v) is 4.55. The molecular formula is C14H18N4O. The van der Waals surface area contributed by atoms with Crippen LogP contribution in [-0.2, 0) is 0 Å². The van der Waals surface area contributed by atoms with Crippen molar-refractivity contribution in [3.8, 4) is 0 Å². The number of aryl methyl sites for hydroxylation is 2. The molecule has 0 bridgehead atoms. The van der Waals surface area contributed by atoms with Gasteiger partial charge in [-0.15, -0.1) is 0 Å². The highest BCUT2D eigenvalue weighted by Gasteiger charge is 2.17. The SMILES string of the molecule is CCC(NC(=O)c1ncc(C)[nH]1)c1cccc(C)n1. The lowest BCUT2D eigenvalue weighted by Gasteiger charge is -2.16. The van der Waals surface area contributed by atoms with Crippen molar-refractivity contribution >= 4 is 5.91 Å². The van der Waals surface area contributed by atoms with Gasteiger partial charge in [-0.25, -0.2) is 4.98 Å². The number of hydrogen-bond acceptors (Lipinski definition) is 3. The van der Waals surface area contributed by atoms with Crippen LogP contribution in [0.15, 0.2) is 24.4 Å². The molecule has 2 aromatic rings. The fourth-order valence-corrected chi connectivity index (χ4v) is 1.90. The Hall–Kier alpha value is -2.17. The van der Waals surface area contributed by atoms with Crippen molar-refractivity contribution in [2.75, 3.05) is 0 Å². The highest BCUT2D eigenvalue weighted by atomic mass is 16.2. The summed E-state index contributed by atoms with van der Waals surface area (Å²) in [6, 6.07) is 5.71. The van der Waals surface area contributed by atoms with Crippen molar-refractivity contribution in [3.05, 3.63) is 47.3 Å². The molecule has 19 heavy (non-hydrogen) atoms. The number of nitrogens with one attached hydrogen (secondary N) is 2. The van der Waals surface area contributed by atoms with Gasteiger partial charge in [-0.2, -0.15) is 0 Å². The molecule has 2 rings (SSSR count). The van der Waals surface area contributed by atoms with Gasteiger partial charge in [0.05, 0.1) is 11.7 Å². The van der Waals surface area contributed by atoms with Gasteiger partial charge in [0.15, 0.2) is 5.82 Å². The maximum atomic E-state index is 12.1. The largest absolute Gasteiger partial charge is 0.341 e. The second-order valence-electron chi connectivity index (χ2n) is 4.55. The lowest BCUT2D eigenvalue weighted by molar-refractivity contribution is 0.0925. The third-order valence-electron chi connectivity index (χ3n) is 2.90. The van der Waals surface area contributed by atoms with Crippen LogP contribution < -0.4 is 5.32 Å². The molecule has 0 aliphatic rings. The number of H-pyrrole nitrogens is 1. The van der Waals surface area contributed by atoms with Crippen molar-refractivity contribution < 1.29 is 4.79 Å². The molecule has 1 unspecified atom stereocenters. The van der Waals surface area contributed by atoms with Crippen LogP contribution in [0.2, 0.25) is 0 Å². The Morgan fingerprint density at radius 3 is 2.79 bits per heavy atom. The van der Waals surface area contributed by atoms with Gasteiger partial charge >= 0.3 is 0 Å². The van der Waals surface area contributed by atoms with E-state index in [0.29, 0.717) is 5.82 Å². The number of imidazole rings is 1. The van der Waals surface area contributed by atoms with E-state index in [1.54, 1.807) is 6.20 Å². The van der Waals surface area contributed by atoms with Crippen molar-refractivity contribution in [1.82, 2.24) is 20.3 Å². The average Bonchev–Trinajstić information content (AvgIpc) is 2.82. The zero-order chi connectivity index (χ0) is 13.8. The zero-order valence-electron chi connectivity index (χ0n) is 11.4. The molecule has 2 aromatic heterocycles. The average molecular weight is 258 g/mol. The first kappa shape index (κ1) is 13.3. The predicted octanol–water partition coefficient (Wildman–Crippen LogP) is 2.30. The maximum Gasteiger partial charge on any atom is 0.287 e. The maximum absolute atomic E-state index is 12.1. The fourth-order valence-electron chi connectivity index (χ4n) is 1.90. The molecule has 0 aliphatic heterocycles. The zero-order valence-corrected chi connectivity index (χ0v) is 11.4. The molecule has 0 aliphatic carbocycles. The van der Waals surface area contributed by atoms with Crippen LogP contribution in [0.5, 0.6) is 0 Å². The third-order valence-corrected chi connectivity index (χ3v) is 2.90. The third kappa shape index (κ3) is 3.19. The van der Waals surface area contributed by atoms with Gasteiger partial charge in [0, 0.05) is 17.6 Å². The molecule has 2 heterocycles. The summed E-state index contributed by atoms with van der Waals surface area (Å²) in [5.41, 5.74) is 2.69. The number of hydrogen-bond donors (Lipinski definition) is 2. The first-order chi connectivity index (χ1) is 9.10. The van der Waals surface area contributed by atoms with E-state index < -0.39 is 0 Å². The molecule has 0 radical (unpaired) electrons. The van der Waals surface area contributed by atoms with Gasteiger partial charge in [0.2, 0.25) is 0 Å². The van der Waals surface area contributed by atoms with Crippen LogP contribution >= 0.6 is 0 Å². The molecule has 0 spiro atoms. The van der Waals surface area contributed by atoms with Gasteiger partial charge in [0.1, 0.15) is 0 Å². The minimum atomic E-state index is -0.205. The Balaban J connectivity index is 2.13. The number of aromatic nitrogens is 3. The summed E-state index contributed by atoms with van der Waals surface area (Å²) in [6.45, 7) is 5.82. The number of pyridine rings is 1. The summed E-state index contributed by atoms with van der Waals surface area (Å²) in [5, 5.41) is 2.94. The van der Waals surface area contributed by atoms with Crippen LogP contribution in [0.25, 0.3) is 0 Å². The normalized spacial score (nSPS) is 12.2. The van der Waals surface area contributed by atoms with Gasteiger partial charge in [0.25, 0.3) is 5.91 Å². The molecule has 1 atom stereocenters. The second kappa shape index (κ2) is 5.65. The summed E-state index contributed by atoms with van der Waals surface area (Å²) in [5.74, 6) is 0.131. The van der Waals surface area contributed by atoms with E-state index in [-0.39, 0.29) is 11.9 Å². The van der Waals surface area contributed by atoms with E-state index in [0.717, 1.165) is 23.5 Å². The van der Waals surface area contributed by atoms with E-state index in [1.165, 1.54) is 0 Å². The minimum Gasteiger partial charge on any atom is -0.341 e. The van der Waals surface area contributed by atoms with Crippen molar-refractivity contribution in [3.63, 3.8) is 0 Å². The number of carbonyl (C=O) groups is 1. The first-order valence-electron chi connectivity index (χ1n) is 6.36. The summed E-state index contributed by atoms with van der Waals surface area (Å²) < 4.78 is 0. The van der Waals surface area contributed by atoms with Crippen LogP contribution in [0, 0.1) is 13.8 Å². The minimum absolute atomic E-state index is 0.0993. The molecule has 5 heteroatoms. The number of nitrogens with zero attached hydrogens (tertiary/aromatic N) is 2. The molecule has 0 saturated carbocycles. The Morgan fingerprint density at radius 1 is 1.42 bits per heavy atom. The molecule has 0 aromatic carbocycles. The number of aromatic amines is 1. The van der Waals surface area contributed by atoms with E-state index in [9.17, 15) is 4.79 Å². The van der Waals surface area contributed by atoms with Crippen LogP contribution in [0.3, 0.4) is 0 Å². The topological polar surface area (TPSA) is 70.7 Å². The molecular weight excluding hydrogens is 240 g/mol. The smallest absolute Gasteiger partial charge is 0.287 e. The monoisotopic (exact) mass is 258 g/mol. The van der Waals surface area contributed by atoms with Crippen LogP contribution in [0.4, 0.5) is 0 Å². The quantitative estimate of drug-likeness (QED) is 0.884. The molecule has 100 valence electrons. The van der Waals surface area contributed by atoms with Gasteiger partial charge in [-0.1, -0.05) is 13.0 Å². The lowest BCUT2D eigenvalue weighted by atomic mass is 10.1. The standard InChI is InChI=1S/C14H18N4O/c1-4-11(12-7-5-6-9(2)16-12)18-14(19)13-15-8-10(3)17-13/h5-8,11H,4H2,1-3H3,(H,15,17)(H,18,19). The Bertz CT molecular complexity index is 576. The Kier molecular flexibility index (Phi) is 3.94. The molecule has 1 amide bonds. The Labute approximate surface area is 112 Å². The van der Waals surface area contributed by atoms with Crippen molar-refractivity contribution in [2.45, 2.75) is 33.2 Å². The van der Waals surface area contributed by atoms with Gasteiger partial charge in [-0.05, 0) is 32.4 Å². The number of rotatable bonds is 4. The fraction of sp³-hybridized carbons (Fsp3) is 0.357. The molecule has 2 N–H and O–H groups in total. The number of amides is 1. The molecule has 5 nitrogen and oxygen atoms in total. The van der Waals surface area contributed by atoms with E-state index in [1.807, 2.05) is 39.0 Å². The van der Waals surface area contributed by atoms with Gasteiger partial charge in [-0.3, -0.25) is 9.78 Å². The van der Waals surface area contributed by atoms with Crippen molar-refractivity contribution in [2.24, 2.45) is 0 Å². The highest BCUT2D eigenvalue weighted by Crippen LogP contribution is 2.15. The Morgan fingerprint density at radius 2 is 2.21 bits per heavy atom. The van der Waals surface area contributed by atoms with E-state index in [2.05, 4.69) is 20.3 Å².